The largest absolute Gasteiger partial charge is 0.508 e. The topological polar surface area (TPSA) is 42.2 Å². The number of aromatic nitrogens is 1. The molecule has 0 saturated heterocycles. The number of nitrogens with zero attached hydrogens (tertiary/aromatic N) is 1. The predicted molar refractivity (Wildman–Crippen MR) is 62.0 cm³/mol. The van der Waals surface area contributed by atoms with Crippen LogP contribution in [0.4, 0.5) is 13.2 Å². The standard InChI is InChI=1S/C13H10F3NO2/c14-13(15,16)12(19)10-4-5-17(8-10)7-9-2-1-3-11(18)6-9/h1-6,8,18H,7H2. The van der Waals surface area contributed by atoms with Crippen molar-refractivity contribution in [1.82, 2.24) is 4.57 Å². The first-order chi connectivity index (χ1) is 8.86. The van der Waals surface area contributed by atoms with Crippen LogP contribution in [-0.4, -0.2) is 21.6 Å². The van der Waals surface area contributed by atoms with Crippen molar-refractivity contribution in [3.63, 3.8) is 0 Å². The van der Waals surface area contributed by atoms with Crippen LogP contribution < -0.4 is 0 Å². The molecule has 1 heterocycles. The molecule has 0 aliphatic carbocycles. The van der Waals surface area contributed by atoms with Crippen LogP contribution in [0.1, 0.15) is 15.9 Å². The smallest absolute Gasteiger partial charge is 0.454 e. The third-order valence-electron chi connectivity index (χ3n) is 2.55. The third-order valence-corrected chi connectivity index (χ3v) is 2.55. The monoisotopic (exact) mass is 269 g/mol. The lowest BCUT2D eigenvalue weighted by molar-refractivity contribution is -0.0885. The molecule has 1 aromatic carbocycles. The van der Waals surface area contributed by atoms with Crippen molar-refractivity contribution >= 4 is 5.78 Å². The molecule has 0 bridgehead atoms. The van der Waals surface area contributed by atoms with E-state index in [-0.39, 0.29) is 12.3 Å². The number of hydrogen-bond acceptors (Lipinski definition) is 2. The number of hydrogen-bond donors (Lipinski definition) is 1. The Morgan fingerprint density at radius 2 is 2.00 bits per heavy atom. The second-order valence-electron chi connectivity index (χ2n) is 4.07. The maximum absolute atomic E-state index is 12.2. The van der Waals surface area contributed by atoms with Gasteiger partial charge < -0.3 is 9.67 Å². The number of carbonyl (C=O) groups is 1. The maximum Gasteiger partial charge on any atom is 0.454 e. The molecule has 0 fully saturated rings. The highest BCUT2D eigenvalue weighted by atomic mass is 19.4. The Hall–Kier alpha value is -2.24. The van der Waals surface area contributed by atoms with Gasteiger partial charge in [0.05, 0.1) is 0 Å². The number of carbonyl (C=O) groups excluding carboxylic acids is 1. The second-order valence-corrected chi connectivity index (χ2v) is 4.07. The van der Waals surface area contributed by atoms with E-state index >= 15 is 0 Å². The van der Waals surface area contributed by atoms with Crippen LogP contribution in [0, 0.1) is 0 Å². The van der Waals surface area contributed by atoms with Gasteiger partial charge in [0.1, 0.15) is 5.75 Å². The average molecular weight is 269 g/mol. The first-order valence-corrected chi connectivity index (χ1v) is 5.41. The fourth-order valence-electron chi connectivity index (χ4n) is 1.70. The molecule has 0 amide bonds. The van der Waals surface area contributed by atoms with E-state index in [9.17, 15) is 23.1 Å². The van der Waals surface area contributed by atoms with Gasteiger partial charge in [0.25, 0.3) is 5.78 Å². The minimum atomic E-state index is -4.86. The second kappa shape index (κ2) is 4.79. The summed E-state index contributed by atoms with van der Waals surface area (Å²) in [5, 5.41) is 9.28. The molecule has 0 spiro atoms. The summed E-state index contributed by atoms with van der Waals surface area (Å²) >= 11 is 0. The van der Waals surface area contributed by atoms with Gasteiger partial charge in [-0.05, 0) is 23.8 Å². The summed E-state index contributed by atoms with van der Waals surface area (Å²) in [4.78, 5) is 11.0. The molecule has 19 heavy (non-hydrogen) atoms. The van der Waals surface area contributed by atoms with Gasteiger partial charge in [-0.1, -0.05) is 12.1 Å². The summed E-state index contributed by atoms with van der Waals surface area (Å²) in [5.41, 5.74) is 0.328. The molecule has 2 rings (SSSR count). The van der Waals surface area contributed by atoms with Gasteiger partial charge >= 0.3 is 6.18 Å². The normalized spacial score (nSPS) is 11.5. The van der Waals surface area contributed by atoms with Crippen LogP contribution in [0.25, 0.3) is 0 Å². The zero-order valence-electron chi connectivity index (χ0n) is 9.69. The van der Waals surface area contributed by atoms with Gasteiger partial charge in [-0.15, -0.1) is 0 Å². The number of aromatic hydroxyl groups is 1. The van der Waals surface area contributed by atoms with Crippen molar-refractivity contribution in [2.24, 2.45) is 0 Å². The van der Waals surface area contributed by atoms with E-state index in [0.29, 0.717) is 0 Å². The van der Waals surface area contributed by atoms with Crippen LogP contribution in [0.2, 0.25) is 0 Å². The third kappa shape index (κ3) is 3.15. The highest BCUT2D eigenvalue weighted by Gasteiger charge is 2.39. The fraction of sp³-hybridized carbons (Fsp3) is 0.154. The number of rotatable bonds is 3. The molecule has 0 saturated carbocycles. The van der Waals surface area contributed by atoms with Crippen molar-refractivity contribution in [2.45, 2.75) is 12.7 Å². The molecule has 0 aliphatic rings. The average Bonchev–Trinajstić information content (AvgIpc) is 2.75. The molecular formula is C13H10F3NO2. The lowest BCUT2D eigenvalue weighted by atomic mass is 10.2. The van der Waals surface area contributed by atoms with Gasteiger partial charge in [-0.25, -0.2) is 0 Å². The van der Waals surface area contributed by atoms with E-state index in [0.717, 1.165) is 17.8 Å². The van der Waals surface area contributed by atoms with Crippen LogP contribution in [-0.2, 0) is 6.54 Å². The summed E-state index contributed by atoms with van der Waals surface area (Å²) in [7, 11) is 0. The summed E-state index contributed by atoms with van der Waals surface area (Å²) in [5.74, 6) is -1.78. The van der Waals surface area contributed by atoms with E-state index in [1.165, 1.54) is 22.9 Å². The van der Waals surface area contributed by atoms with Gasteiger partial charge in [-0.2, -0.15) is 13.2 Å². The van der Waals surface area contributed by atoms with Gasteiger partial charge in [0.2, 0.25) is 0 Å². The van der Waals surface area contributed by atoms with Crippen LogP contribution in [0.3, 0.4) is 0 Å². The minimum absolute atomic E-state index is 0.0799. The molecule has 0 aliphatic heterocycles. The number of benzene rings is 1. The first kappa shape index (κ1) is 13.2. The number of phenolic OH excluding ortho intramolecular Hbond substituents is 1. The Bertz CT molecular complexity index is 602. The van der Waals surface area contributed by atoms with E-state index < -0.39 is 17.5 Å². The van der Waals surface area contributed by atoms with Gasteiger partial charge in [0.15, 0.2) is 0 Å². The minimum Gasteiger partial charge on any atom is -0.508 e. The highest BCUT2D eigenvalue weighted by Crippen LogP contribution is 2.22. The molecule has 0 radical (unpaired) electrons. The Morgan fingerprint density at radius 3 is 2.63 bits per heavy atom. The highest BCUT2D eigenvalue weighted by molar-refractivity contribution is 6.00. The molecule has 0 unspecified atom stereocenters. The van der Waals surface area contributed by atoms with Crippen LogP contribution in [0.5, 0.6) is 5.75 Å². The molecule has 3 nitrogen and oxygen atoms in total. The lowest BCUT2D eigenvalue weighted by Crippen LogP contribution is -2.22. The van der Waals surface area contributed by atoms with Crippen LogP contribution >= 0.6 is 0 Å². The van der Waals surface area contributed by atoms with Gasteiger partial charge in [-0.3, -0.25) is 4.79 Å². The Labute approximate surface area is 106 Å². The molecule has 1 N–H and O–H groups in total. The van der Waals surface area contributed by atoms with Crippen molar-refractivity contribution in [2.75, 3.05) is 0 Å². The fourth-order valence-corrected chi connectivity index (χ4v) is 1.70. The van der Waals surface area contributed by atoms with E-state index in [2.05, 4.69) is 0 Å². The SMILES string of the molecule is O=C(c1ccn(Cc2cccc(O)c2)c1)C(F)(F)F. The van der Waals surface area contributed by atoms with Crippen LogP contribution in [0.15, 0.2) is 42.7 Å². The lowest BCUT2D eigenvalue weighted by Gasteiger charge is -2.04. The van der Waals surface area contributed by atoms with Crippen molar-refractivity contribution in [3.05, 3.63) is 53.9 Å². The molecule has 6 heteroatoms. The number of ketones is 1. The zero-order chi connectivity index (χ0) is 14.0. The van der Waals surface area contributed by atoms with E-state index in [4.69, 9.17) is 0 Å². The van der Waals surface area contributed by atoms with Crippen molar-refractivity contribution in [3.8, 4) is 5.75 Å². The Balaban J connectivity index is 2.16. The Kier molecular flexibility index (Phi) is 3.33. The molecular weight excluding hydrogens is 259 g/mol. The number of phenols is 1. The van der Waals surface area contributed by atoms with Gasteiger partial charge in [0, 0.05) is 24.5 Å². The van der Waals surface area contributed by atoms with Crippen molar-refractivity contribution < 1.29 is 23.1 Å². The Morgan fingerprint density at radius 1 is 1.26 bits per heavy atom. The van der Waals surface area contributed by atoms with Crippen molar-refractivity contribution in [1.29, 1.82) is 0 Å². The zero-order valence-corrected chi connectivity index (χ0v) is 9.69. The number of alkyl halides is 3. The van der Waals surface area contributed by atoms with E-state index in [1.54, 1.807) is 12.1 Å². The van der Waals surface area contributed by atoms with E-state index in [1.807, 2.05) is 0 Å². The molecule has 1 aromatic heterocycles. The summed E-state index contributed by atoms with van der Waals surface area (Å²) in [6.07, 6.45) is -2.33. The summed E-state index contributed by atoms with van der Waals surface area (Å²) in [6, 6.07) is 7.49. The molecule has 100 valence electrons. The number of Topliss-reactive ketones (excluding diaryl/α,β-unsaturated/α-hetero) is 1. The molecule has 2 aromatic rings. The summed E-state index contributed by atoms with van der Waals surface area (Å²) < 4.78 is 38.1. The molecule has 0 atom stereocenters. The predicted octanol–water partition coefficient (Wildman–Crippen LogP) is 2.99. The first-order valence-electron chi connectivity index (χ1n) is 5.41. The summed E-state index contributed by atoms with van der Waals surface area (Å²) in [6.45, 7) is 0.277. The maximum atomic E-state index is 12.2. The quantitative estimate of drug-likeness (QED) is 0.870. The number of halogens is 3.